The number of aliphatic carboxylic acids is 1. The fourth-order valence-corrected chi connectivity index (χ4v) is 3.43. The minimum atomic E-state index is -0.734. The fourth-order valence-electron chi connectivity index (χ4n) is 3.43. The van der Waals surface area contributed by atoms with Gasteiger partial charge in [-0.15, -0.1) is 0 Å². The van der Waals surface area contributed by atoms with Crippen molar-refractivity contribution in [1.29, 1.82) is 0 Å². The van der Waals surface area contributed by atoms with E-state index >= 15 is 0 Å². The number of aryl methyl sites for hydroxylation is 1. The van der Waals surface area contributed by atoms with Gasteiger partial charge in [0.25, 0.3) is 0 Å². The average molecular weight is 300 g/mol. The summed E-state index contributed by atoms with van der Waals surface area (Å²) in [4.78, 5) is 13.3. The summed E-state index contributed by atoms with van der Waals surface area (Å²) in [5.74, 6) is -0.734. The molecule has 4 heteroatoms. The molecule has 3 rings (SSSR count). The fraction of sp³-hybridized carbons (Fsp3) is 0.500. The molecule has 1 fully saturated rings. The molecule has 1 N–H and O–H groups in total. The van der Waals surface area contributed by atoms with Gasteiger partial charge < -0.3 is 14.6 Å². The van der Waals surface area contributed by atoms with Crippen molar-refractivity contribution in [3.63, 3.8) is 0 Å². The molecule has 1 aliphatic heterocycles. The van der Waals surface area contributed by atoms with Crippen molar-refractivity contribution in [2.24, 2.45) is 0 Å². The highest BCUT2D eigenvalue weighted by Gasteiger charge is 2.20. The maximum atomic E-state index is 10.7. The van der Waals surface area contributed by atoms with Crippen LogP contribution in [0.4, 0.5) is 0 Å². The molecular weight excluding hydrogens is 276 g/mol. The van der Waals surface area contributed by atoms with Crippen molar-refractivity contribution in [2.45, 2.75) is 38.6 Å². The zero-order chi connectivity index (χ0) is 15.5. The first-order chi connectivity index (χ1) is 10.7. The zero-order valence-electron chi connectivity index (χ0n) is 13.2. The maximum Gasteiger partial charge on any atom is 0.303 e. The van der Waals surface area contributed by atoms with E-state index in [1.54, 1.807) is 0 Å². The number of benzene rings is 1. The van der Waals surface area contributed by atoms with Crippen LogP contribution in [0.25, 0.3) is 10.9 Å². The van der Waals surface area contributed by atoms with Gasteiger partial charge in [-0.3, -0.25) is 4.79 Å². The topological polar surface area (TPSA) is 45.5 Å². The van der Waals surface area contributed by atoms with Crippen LogP contribution in [0, 0.1) is 0 Å². The van der Waals surface area contributed by atoms with E-state index in [2.05, 4.69) is 46.9 Å². The Balaban J connectivity index is 1.81. The lowest BCUT2D eigenvalue weighted by Crippen LogP contribution is -2.34. The molecule has 1 aromatic carbocycles. The number of carboxylic acid groups (broad SMARTS) is 1. The predicted octanol–water partition coefficient (Wildman–Crippen LogP) is 3.32. The highest BCUT2D eigenvalue weighted by atomic mass is 16.4. The van der Waals surface area contributed by atoms with Gasteiger partial charge in [0.2, 0.25) is 0 Å². The molecule has 0 aliphatic carbocycles. The number of carbonyl (C=O) groups is 1. The Morgan fingerprint density at radius 2 is 2.05 bits per heavy atom. The molecule has 0 unspecified atom stereocenters. The molecule has 1 saturated heterocycles. The third kappa shape index (κ3) is 3.17. The van der Waals surface area contributed by atoms with E-state index in [-0.39, 0.29) is 6.42 Å². The normalized spacial score (nSPS) is 17.1. The lowest BCUT2D eigenvalue weighted by molar-refractivity contribution is -0.136. The monoisotopic (exact) mass is 300 g/mol. The summed E-state index contributed by atoms with van der Waals surface area (Å²) in [6.45, 7) is 5.69. The molecule has 0 amide bonds. The van der Waals surface area contributed by atoms with Gasteiger partial charge in [-0.1, -0.05) is 19.1 Å². The van der Waals surface area contributed by atoms with Crippen molar-refractivity contribution in [3.05, 3.63) is 36.0 Å². The van der Waals surface area contributed by atoms with E-state index in [9.17, 15) is 4.79 Å². The molecule has 2 heterocycles. The molecule has 0 spiro atoms. The summed E-state index contributed by atoms with van der Waals surface area (Å²) in [5, 5.41) is 10.1. The Labute approximate surface area is 131 Å². The summed E-state index contributed by atoms with van der Waals surface area (Å²) in [6.07, 6.45) is 5.37. The number of aromatic nitrogens is 1. The van der Waals surface area contributed by atoms with Crippen LogP contribution < -0.4 is 0 Å². The number of fused-ring (bicyclic) bond motifs is 1. The summed E-state index contributed by atoms with van der Waals surface area (Å²) in [7, 11) is 0. The Bertz CT molecular complexity index is 654. The number of rotatable bonds is 5. The highest BCUT2D eigenvalue weighted by Crippen LogP contribution is 2.28. The minimum Gasteiger partial charge on any atom is -0.481 e. The van der Waals surface area contributed by atoms with Crippen LogP contribution >= 0.6 is 0 Å². The van der Waals surface area contributed by atoms with E-state index in [0.29, 0.717) is 12.5 Å². The van der Waals surface area contributed by atoms with Crippen molar-refractivity contribution >= 4 is 16.9 Å². The molecule has 0 bridgehead atoms. The molecule has 0 atom stereocenters. The quantitative estimate of drug-likeness (QED) is 0.921. The second-order valence-corrected chi connectivity index (χ2v) is 6.18. The SMILES string of the molecule is CCN1CCC(n2ccc3ccc(CCC(=O)O)cc32)CC1. The molecule has 0 radical (unpaired) electrons. The summed E-state index contributed by atoms with van der Waals surface area (Å²) < 4.78 is 2.40. The van der Waals surface area contributed by atoms with E-state index in [1.165, 1.54) is 36.8 Å². The van der Waals surface area contributed by atoms with Crippen LogP contribution in [0.5, 0.6) is 0 Å². The molecule has 1 aromatic heterocycles. The standard InChI is InChI=1S/C18H24N2O2/c1-2-19-10-8-16(9-11-19)20-12-7-15-5-3-14(13-17(15)20)4-6-18(21)22/h3,5,7,12-13,16H,2,4,6,8-11H2,1H3,(H,21,22). The van der Waals surface area contributed by atoms with Gasteiger partial charge in [-0.2, -0.15) is 0 Å². The third-order valence-corrected chi connectivity index (χ3v) is 4.81. The van der Waals surface area contributed by atoms with Gasteiger partial charge >= 0.3 is 5.97 Å². The molecular formula is C18H24N2O2. The summed E-state index contributed by atoms with van der Waals surface area (Å²) >= 11 is 0. The second-order valence-electron chi connectivity index (χ2n) is 6.18. The van der Waals surface area contributed by atoms with E-state index in [4.69, 9.17) is 5.11 Å². The largest absolute Gasteiger partial charge is 0.481 e. The van der Waals surface area contributed by atoms with Crippen LogP contribution in [0.15, 0.2) is 30.5 Å². The number of piperidine rings is 1. The number of carboxylic acids is 1. The Kier molecular flexibility index (Phi) is 4.48. The van der Waals surface area contributed by atoms with Crippen LogP contribution in [-0.4, -0.2) is 40.2 Å². The lowest BCUT2D eigenvalue weighted by atomic mass is 10.0. The predicted molar refractivity (Wildman–Crippen MR) is 88.3 cm³/mol. The minimum absolute atomic E-state index is 0.196. The average Bonchev–Trinajstić information content (AvgIpc) is 2.96. The first kappa shape index (κ1) is 15.1. The molecule has 0 saturated carbocycles. The van der Waals surface area contributed by atoms with Gasteiger partial charge in [0, 0.05) is 37.3 Å². The Morgan fingerprint density at radius 3 is 2.73 bits per heavy atom. The highest BCUT2D eigenvalue weighted by molar-refractivity contribution is 5.81. The van der Waals surface area contributed by atoms with Gasteiger partial charge in [0.1, 0.15) is 0 Å². The van der Waals surface area contributed by atoms with Crippen molar-refractivity contribution in [2.75, 3.05) is 19.6 Å². The van der Waals surface area contributed by atoms with Crippen molar-refractivity contribution in [1.82, 2.24) is 9.47 Å². The van der Waals surface area contributed by atoms with Gasteiger partial charge in [-0.25, -0.2) is 0 Å². The first-order valence-corrected chi connectivity index (χ1v) is 8.21. The van der Waals surface area contributed by atoms with E-state index < -0.39 is 5.97 Å². The third-order valence-electron chi connectivity index (χ3n) is 4.81. The van der Waals surface area contributed by atoms with Gasteiger partial charge in [0.05, 0.1) is 0 Å². The molecule has 1 aliphatic rings. The molecule has 118 valence electrons. The smallest absolute Gasteiger partial charge is 0.303 e. The maximum absolute atomic E-state index is 10.7. The number of likely N-dealkylation sites (tertiary alicyclic amines) is 1. The Morgan fingerprint density at radius 1 is 1.27 bits per heavy atom. The molecule has 2 aromatic rings. The van der Waals surface area contributed by atoms with Crippen molar-refractivity contribution < 1.29 is 9.90 Å². The number of hydrogen-bond acceptors (Lipinski definition) is 2. The second kappa shape index (κ2) is 6.53. The molecule has 4 nitrogen and oxygen atoms in total. The van der Waals surface area contributed by atoms with Crippen LogP contribution in [0.2, 0.25) is 0 Å². The summed E-state index contributed by atoms with van der Waals surface area (Å²) in [6, 6.07) is 9.07. The lowest BCUT2D eigenvalue weighted by Gasteiger charge is -2.32. The molecule has 22 heavy (non-hydrogen) atoms. The van der Waals surface area contributed by atoms with Crippen LogP contribution in [0.1, 0.15) is 37.8 Å². The van der Waals surface area contributed by atoms with E-state index in [1.807, 2.05) is 0 Å². The number of nitrogens with zero attached hydrogens (tertiary/aromatic N) is 2. The van der Waals surface area contributed by atoms with Crippen LogP contribution in [-0.2, 0) is 11.2 Å². The summed E-state index contributed by atoms with van der Waals surface area (Å²) in [5.41, 5.74) is 2.36. The van der Waals surface area contributed by atoms with Crippen molar-refractivity contribution in [3.8, 4) is 0 Å². The Hall–Kier alpha value is -1.81. The van der Waals surface area contributed by atoms with Gasteiger partial charge in [0.15, 0.2) is 0 Å². The van der Waals surface area contributed by atoms with E-state index in [0.717, 1.165) is 12.1 Å². The number of hydrogen-bond donors (Lipinski definition) is 1. The van der Waals surface area contributed by atoms with Crippen LogP contribution in [0.3, 0.4) is 0 Å². The zero-order valence-corrected chi connectivity index (χ0v) is 13.2. The van der Waals surface area contributed by atoms with Gasteiger partial charge in [-0.05, 0) is 48.9 Å². The first-order valence-electron chi connectivity index (χ1n) is 8.21.